The molecule has 0 saturated carbocycles. The number of imide groups is 1. The summed E-state index contributed by atoms with van der Waals surface area (Å²) in [5.74, 6) is -1.06. The predicted octanol–water partition coefficient (Wildman–Crippen LogP) is 1.23. The molecule has 10 nitrogen and oxygen atoms in total. The molecule has 1 rings (SSSR count). The maximum atomic E-state index is 12.3. The summed E-state index contributed by atoms with van der Waals surface area (Å²) in [6.07, 6.45) is 1.33. The van der Waals surface area contributed by atoms with E-state index in [1.807, 2.05) is 48.6 Å². The van der Waals surface area contributed by atoms with Gasteiger partial charge in [0.15, 0.2) is 0 Å². The molecular formula is C25H46N4O6. The molecule has 1 atom stereocenters. The molecule has 10 heteroatoms. The second-order valence-corrected chi connectivity index (χ2v) is 10.6. The number of amides is 4. The maximum Gasteiger partial charge on any atom is 0.233 e. The van der Waals surface area contributed by atoms with Crippen LogP contribution in [0.3, 0.4) is 0 Å². The Kier molecular flexibility index (Phi) is 12.8. The molecule has 0 radical (unpaired) electrons. The van der Waals surface area contributed by atoms with Gasteiger partial charge in [-0.25, -0.2) is 0 Å². The standard InChI is InChI=1S/C25H46N4O6/c1-18(2)19-16-22(32)29(23(19)33)13-8-20(30)27-11-12-28-21(31)17-25(5,6)35-15-14-34-24(3,4)9-10-26-7/h18-19,26H,8-17H2,1-7H3,(H,27,30)(H,28,31). The van der Waals surface area contributed by atoms with Gasteiger partial charge in [-0.15, -0.1) is 0 Å². The molecule has 3 N–H and O–H groups in total. The highest BCUT2D eigenvalue weighted by Crippen LogP contribution is 2.26. The molecule has 4 amide bonds. The van der Waals surface area contributed by atoms with Gasteiger partial charge in [0, 0.05) is 38.4 Å². The lowest BCUT2D eigenvalue weighted by molar-refractivity contribution is -0.140. The summed E-state index contributed by atoms with van der Waals surface area (Å²) in [6, 6.07) is 0. The SMILES string of the molecule is CNCCC(C)(C)OCCOC(C)(C)CC(=O)NCCNC(=O)CCN1C(=O)CC(C(C)C)C1=O. The molecule has 1 aliphatic rings. The minimum Gasteiger partial charge on any atom is -0.373 e. The first-order valence-electron chi connectivity index (χ1n) is 12.6. The summed E-state index contributed by atoms with van der Waals surface area (Å²) >= 11 is 0. The van der Waals surface area contributed by atoms with Gasteiger partial charge in [0.1, 0.15) is 0 Å². The largest absolute Gasteiger partial charge is 0.373 e. The van der Waals surface area contributed by atoms with Gasteiger partial charge in [0.25, 0.3) is 0 Å². The lowest BCUT2D eigenvalue weighted by atomic mass is 9.94. The molecule has 1 saturated heterocycles. The Balaban J connectivity index is 2.20. The van der Waals surface area contributed by atoms with Gasteiger partial charge in [-0.1, -0.05) is 13.8 Å². The van der Waals surface area contributed by atoms with Crippen molar-refractivity contribution in [2.75, 3.05) is 46.4 Å². The number of carbonyl (C=O) groups is 4. The van der Waals surface area contributed by atoms with Crippen molar-refractivity contribution in [3.63, 3.8) is 0 Å². The molecule has 1 unspecified atom stereocenters. The van der Waals surface area contributed by atoms with Gasteiger partial charge in [0.2, 0.25) is 23.6 Å². The molecule has 1 fully saturated rings. The van der Waals surface area contributed by atoms with Crippen molar-refractivity contribution in [3.05, 3.63) is 0 Å². The highest BCUT2D eigenvalue weighted by Gasteiger charge is 2.39. The van der Waals surface area contributed by atoms with Crippen molar-refractivity contribution >= 4 is 23.6 Å². The van der Waals surface area contributed by atoms with E-state index in [1.54, 1.807) is 0 Å². The van der Waals surface area contributed by atoms with Crippen LogP contribution in [0.1, 0.15) is 67.2 Å². The molecule has 0 aromatic carbocycles. The Hall–Kier alpha value is -2.04. The van der Waals surface area contributed by atoms with Gasteiger partial charge in [0.05, 0.1) is 30.8 Å². The fourth-order valence-electron chi connectivity index (χ4n) is 3.80. The van der Waals surface area contributed by atoms with Crippen LogP contribution in [0.2, 0.25) is 0 Å². The zero-order valence-electron chi connectivity index (χ0n) is 22.6. The van der Waals surface area contributed by atoms with Crippen molar-refractivity contribution < 1.29 is 28.7 Å². The monoisotopic (exact) mass is 498 g/mol. The zero-order valence-corrected chi connectivity index (χ0v) is 22.6. The minimum atomic E-state index is -0.644. The number of rotatable bonds is 17. The number of carbonyl (C=O) groups excluding carboxylic acids is 4. The van der Waals surface area contributed by atoms with Crippen LogP contribution in [-0.2, 0) is 28.7 Å². The first kappa shape index (κ1) is 31.0. The van der Waals surface area contributed by atoms with Gasteiger partial charge >= 0.3 is 0 Å². The lowest BCUT2D eigenvalue weighted by Gasteiger charge is -2.28. The normalized spacial score (nSPS) is 16.8. The summed E-state index contributed by atoms with van der Waals surface area (Å²) in [5.41, 5.74) is -0.886. The molecule has 1 heterocycles. The molecule has 0 aliphatic carbocycles. The number of nitrogens with one attached hydrogen (secondary N) is 3. The molecule has 0 aromatic heterocycles. The van der Waals surface area contributed by atoms with E-state index in [0.29, 0.717) is 13.2 Å². The van der Waals surface area contributed by atoms with Crippen LogP contribution >= 0.6 is 0 Å². The van der Waals surface area contributed by atoms with Crippen LogP contribution in [0.4, 0.5) is 0 Å². The summed E-state index contributed by atoms with van der Waals surface area (Å²) in [6.45, 7) is 13.9. The molecule has 202 valence electrons. The Labute approximate surface area is 210 Å². The van der Waals surface area contributed by atoms with E-state index in [4.69, 9.17) is 9.47 Å². The zero-order chi connectivity index (χ0) is 26.6. The van der Waals surface area contributed by atoms with Crippen molar-refractivity contribution in [2.45, 2.75) is 78.4 Å². The fraction of sp³-hybridized carbons (Fsp3) is 0.840. The van der Waals surface area contributed by atoms with Crippen molar-refractivity contribution in [1.29, 1.82) is 0 Å². The average Bonchev–Trinajstić information content (AvgIpc) is 3.05. The average molecular weight is 499 g/mol. The van der Waals surface area contributed by atoms with Gasteiger partial charge in [-0.3, -0.25) is 24.1 Å². The van der Waals surface area contributed by atoms with E-state index in [2.05, 4.69) is 16.0 Å². The Bertz CT molecular complexity index is 723. The Morgan fingerprint density at radius 2 is 1.54 bits per heavy atom. The number of hydrogen-bond donors (Lipinski definition) is 3. The fourth-order valence-corrected chi connectivity index (χ4v) is 3.80. The number of nitrogens with zero attached hydrogens (tertiary/aromatic N) is 1. The number of hydrogen-bond acceptors (Lipinski definition) is 7. The first-order valence-corrected chi connectivity index (χ1v) is 12.6. The summed E-state index contributed by atoms with van der Waals surface area (Å²) < 4.78 is 11.7. The molecule has 0 spiro atoms. The Morgan fingerprint density at radius 1 is 0.971 bits per heavy atom. The third kappa shape index (κ3) is 12.0. The van der Waals surface area contributed by atoms with E-state index in [1.165, 1.54) is 4.90 Å². The van der Waals surface area contributed by atoms with Crippen LogP contribution in [0.5, 0.6) is 0 Å². The third-order valence-electron chi connectivity index (χ3n) is 6.05. The topological polar surface area (TPSA) is 126 Å². The van der Waals surface area contributed by atoms with E-state index in [0.717, 1.165) is 13.0 Å². The van der Waals surface area contributed by atoms with Gasteiger partial charge < -0.3 is 25.4 Å². The number of ether oxygens (including phenoxy) is 2. The Morgan fingerprint density at radius 3 is 2.09 bits per heavy atom. The van der Waals surface area contributed by atoms with Gasteiger partial charge in [-0.2, -0.15) is 0 Å². The highest BCUT2D eigenvalue weighted by atomic mass is 16.5. The minimum absolute atomic E-state index is 0.0466. The molecule has 35 heavy (non-hydrogen) atoms. The third-order valence-corrected chi connectivity index (χ3v) is 6.05. The van der Waals surface area contributed by atoms with Crippen molar-refractivity contribution in [3.8, 4) is 0 Å². The van der Waals surface area contributed by atoms with Crippen molar-refractivity contribution in [1.82, 2.24) is 20.9 Å². The quantitative estimate of drug-likeness (QED) is 0.203. The first-order chi connectivity index (χ1) is 16.3. The van der Waals surface area contributed by atoms with Crippen LogP contribution in [-0.4, -0.2) is 86.2 Å². The van der Waals surface area contributed by atoms with E-state index in [-0.39, 0.29) is 80.0 Å². The molecule has 1 aliphatic heterocycles. The lowest BCUT2D eigenvalue weighted by Crippen LogP contribution is -2.40. The maximum absolute atomic E-state index is 12.3. The van der Waals surface area contributed by atoms with Crippen LogP contribution in [0.25, 0.3) is 0 Å². The molecule has 0 aromatic rings. The van der Waals surface area contributed by atoms with E-state index >= 15 is 0 Å². The summed E-state index contributed by atoms with van der Waals surface area (Å²) in [5, 5.41) is 8.58. The second-order valence-electron chi connectivity index (χ2n) is 10.6. The van der Waals surface area contributed by atoms with Crippen LogP contribution in [0.15, 0.2) is 0 Å². The van der Waals surface area contributed by atoms with Crippen molar-refractivity contribution in [2.24, 2.45) is 11.8 Å². The van der Waals surface area contributed by atoms with E-state index < -0.39 is 5.60 Å². The van der Waals surface area contributed by atoms with E-state index in [9.17, 15) is 19.2 Å². The second kappa shape index (κ2) is 14.5. The van der Waals surface area contributed by atoms with Crippen LogP contribution < -0.4 is 16.0 Å². The van der Waals surface area contributed by atoms with Crippen LogP contribution in [0, 0.1) is 11.8 Å². The predicted molar refractivity (Wildman–Crippen MR) is 134 cm³/mol. The highest BCUT2D eigenvalue weighted by molar-refractivity contribution is 6.03. The molecular weight excluding hydrogens is 452 g/mol. The van der Waals surface area contributed by atoms with Gasteiger partial charge in [-0.05, 0) is 53.6 Å². The number of likely N-dealkylation sites (tertiary alicyclic amines) is 1. The molecule has 0 bridgehead atoms. The summed E-state index contributed by atoms with van der Waals surface area (Å²) in [4.78, 5) is 49.8. The smallest absolute Gasteiger partial charge is 0.233 e. The summed E-state index contributed by atoms with van der Waals surface area (Å²) in [7, 11) is 1.91.